The van der Waals surface area contributed by atoms with Gasteiger partial charge in [0.25, 0.3) is 0 Å². The Bertz CT molecular complexity index is 1100. The molecule has 1 saturated heterocycles. The standard InChI is InChI=1S/C32H41F2N3O2/c1-3-35(2)31-23-25(24-38)6-15-32(31)39-22-21-37-19-17-36(18-20-37)16-4-5-30(26-7-11-28(33)12-8-26)27-9-13-29(34)14-10-27/h6-15,23,30,38H,3-5,16-22,24H2,1-2H3. The first-order valence-electron chi connectivity index (χ1n) is 14.0. The third-order valence-corrected chi connectivity index (χ3v) is 7.73. The molecule has 1 fully saturated rings. The van der Waals surface area contributed by atoms with Gasteiger partial charge >= 0.3 is 0 Å². The van der Waals surface area contributed by atoms with E-state index >= 15 is 0 Å². The van der Waals surface area contributed by atoms with Crippen LogP contribution in [0.2, 0.25) is 0 Å². The zero-order valence-corrected chi connectivity index (χ0v) is 23.2. The van der Waals surface area contributed by atoms with E-state index in [4.69, 9.17) is 4.74 Å². The van der Waals surface area contributed by atoms with E-state index in [1.165, 1.54) is 24.3 Å². The minimum atomic E-state index is -0.242. The number of nitrogens with zero attached hydrogens (tertiary/aromatic N) is 3. The molecule has 4 rings (SSSR count). The third kappa shape index (κ3) is 8.24. The minimum absolute atomic E-state index is 0.0221. The van der Waals surface area contributed by atoms with Gasteiger partial charge in [-0.3, -0.25) is 4.90 Å². The number of aliphatic hydroxyl groups excluding tert-OH is 1. The van der Waals surface area contributed by atoms with Crippen molar-refractivity contribution in [2.24, 2.45) is 0 Å². The van der Waals surface area contributed by atoms with E-state index in [1.54, 1.807) is 0 Å². The number of rotatable bonds is 13. The smallest absolute Gasteiger partial charge is 0.142 e. The van der Waals surface area contributed by atoms with Crippen LogP contribution in [-0.4, -0.2) is 74.4 Å². The summed E-state index contributed by atoms with van der Waals surface area (Å²) in [6, 6.07) is 19.2. The van der Waals surface area contributed by atoms with Gasteiger partial charge in [-0.2, -0.15) is 0 Å². The van der Waals surface area contributed by atoms with Crippen molar-refractivity contribution >= 4 is 5.69 Å². The largest absolute Gasteiger partial charge is 0.490 e. The molecule has 0 aliphatic carbocycles. The number of anilines is 1. The van der Waals surface area contributed by atoms with Crippen LogP contribution in [-0.2, 0) is 6.61 Å². The van der Waals surface area contributed by atoms with Gasteiger partial charge in [0.15, 0.2) is 0 Å². The number of benzene rings is 3. The van der Waals surface area contributed by atoms with E-state index in [-0.39, 0.29) is 24.2 Å². The summed E-state index contributed by atoms with van der Waals surface area (Å²) in [6.07, 6.45) is 1.94. The van der Waals surface area contributed by atoms with Crippen molar-refractivity contribution in [3.05, 3.63) is 95.1 Å². The number of halogens is 2. The van der Waals surface area contributed by atoms with Crippen molar-refractivity contribution in [1.29, 1.82) is 0 Å². The molecular formula is C32H41F2N3O2. The van der Waals surface area contributed by atoms with Gasteiger partial charge in [0.05, 0.1) is 12.3 Å². The van der Waals surface area contributed by atoms with Crippen LogP contribution in [0.5, 0.6) is 5.75 Å². The average Bonchev–Trinajstić information content (AvgIpc) is 2.97. The summed E-state index contributed by atoms with van der Waals surface area (Å²) in [7, 11) is 2.03. The number of aliphatic hydroxyl groups is 1. The fraction of sp³-hybridized carbons (Fsp3) is 0.438. The van der Waals surface area contributed by atoms with Gasteiger partial charge in [0.2, 0.25) is 0 Å². The molecule has 7 heteroatoms. The zero-order valence-electron chi connectivity index (χ0n) is 23.2. The lowest BCUT2D eigenvalue weighted by Gasteiger charge is -2.35. The second-order valence-electron chi connectivity index (χ2n) is 10.3. The van der Waals surface area contributed by atoms with E-state index < -0.39 is 0 Å². The Morgan fingerprint density at radius 1 is 0.846 bits per heavy atom. The lowest BCUT2D eigenvalue weighted by molar-refractivity contribution is 0.115. The van der Waals surface area contributed by atoms with E-state index in [1.807, 2.05) is 49.5 Å². The van der Waals surface area contributed by atoms with Crippen LogP contribution >= 0.6 is 0 Å². The van der Waals surface area contributed by atoms with Crippen LogP contribution < -0.4 is 9.64 Å². The quantitative estimate of drug-likeness (QED) is 0.311. The molecule has 1 aliphatic heterocycles. The van der Waals surface area contributed by atoms with Crippen molar-refractivity contribution in [2.75, 3.05) is 64.4 Å². The molecule has 0 atom stereocenters. The predicted molar refractivity (Wildman–Crippen MR) is 154 cm³/mol. The number of ether oxygens (including phenoxy) is 1. The maximum absolute atomic E-state index is 13.5. The van der Waals surface area contributed by atoms with E-state index in [2.05, 4.69) is 21.6 Å². The van der Waals surface area contributed by atoms with Crippen LogP contribution in [0.1, 0.15) is 42.4 Å². The molecule has 3 aromatic carbocycles. The Balaban J connectivity index is 1.23. The Hall–Kier alpha value is -3.00. The lowest BCUT2D eigenvalue weighted by atomic mass is 9.87. The lowest BCUT2D eigenvalue weighted by Crippen LogP contribution is -2.47. The summed E-state index contributed by atoms with van der Waals surface area (Å²) in [6.45, 7) is 9.55. The molecular weight excluding hydrogens is 496 g/mol. The van der Waals surface area contributed by atoms with Gasteiger partial charge in [-0.25, -0.2) is 8.78 Å². The zero-order chi connectivity index (χ0) is 27.6. The van der Waals surface area contributed by atoms with Gasteiger partial charge in [-0.1, -0.05) is 30.3 Å². The van der Waals surface area contributed by atoms with Crippen molar-refractivity contribution < 1.29 is 18.6 Å². The van der Waals surface area contributed by atoms with Gasteiger partial charge in [-0.05, 0) is 79.4 Å². The first-order chi connectivity index (χ1) is 19.0. The highest BCUT2D eigenvalue weighted by molar-refractivity contribution is 5.59. The summed E-state index contributed by atoms with van der Waals surface area (Å²) in [5.74, 6) is 0.487. The predicted octanol–water partition coefficient (Wildman–Crippen LogP) is 5.52. The van der Waals surface area contributed by atoms with Crippen molar-refractivity contribution in [1.82, 2.24) is 9.80 Å². The molecule has 3 aromatic rings. The highest BCUT2D eigenvalue weighted by Crippen LogP contribution is 2.30. The molecule has 1 heterocycles. The summed E-state index contributed by atoms with van der Waals surface area (Å²) in [5.41, 5.74) is 4.02. The summed E-state index contributed by atoms with van der Waals surface area (Å²) >= 11 is 0. The van der Waals surface area contributed by atoms with Crippen LogP contribution in [0.25, 0.3) is 0 Å². The molecule has 0 aromatic heterocycles. The molecule has 0 amide bonds. The Kier molecular flexibility index (Phi) is 10.7. The van der Waals surface area contributed by atoms with E-state index in [9.17, 15) is 13.9 Å². The minimum Gasteiger partial charge on any atom is -0.490 e. The van der Waals surface area contributed by atoms with Crippen LogP contribution in [0.3, 0.4) is 0 Å². The second-order valence-corrected chi connectivity index (χ2v) is 10.3. The summed E-state index contributed by atoms with van der Waals surface area (Å²) < 4.78 is 33.2. The fourth-order valence-electron chi connectivity index (χ4n) is 5.21. The third-order valence-electron chi connectivity index (χ3n) is 7.73. The molecule has 5 nitrogen and oxygen atoms in total. The van der Waals surface area contributed by atoms with Crippen molar-refractivity contribution in [3.63, 3.8) is 0 Å². The molecule has 0 spiro atoms. The SMILES string of the molecule is CCN(C)c1cc(CO)ccc1OCCN1CCN(CCCC(c2ccc(F)cc2)c2ccc(F)cc2)CC1. The molecule has 0 radical (unpaired) electrons. The molecule has 0 unspecified atom stereocenters. The average molecular weight is 538 g/mol. The first kappa shape index (κ1) is 29.0. The van der Waals surface area contributed by atoms with Gasteiger partial charge in [0, 0.05) is 52.2 Å². The maximum atomic E-state index is 13.5. The highest BCUT2D eigenvalue weighted by atomic mass is 19.1. The molecule has 210 valence electrons. The van der Waals surface area contributed by atoms with Crippen LogP contribution in [0.4, 0.5) is 14.5 Å². The van der Waals surface area contributed by atoms with E-state index in [0.717, 1.165) is 86.8 Å². The molecule has 39 heavy (non-hydrogen) atoms. The maximum Gasteiger partial charge on any atom is 0.142 e. The van der Waals surface area contributed by atoms with Crippen LogP contribution in [0.15, 0.2) is 66.7 Å². The molecule has 0 bridgehead atoms. The van der Waals surface area contributed by atoms with Gasteiger partial charge < -0.3 is 19.6 Å². The molecule has 0 saturated carbocycles. The molecule has 1 N–H and O–H groups in total. The Labute approximate surface area is 231 Å². The van der Waals surface area contributed by atoms with Gasteiger partial charge in [-0.15, -0.1) is 0 Å². The summed E-state index contributed by atoms with van der Waals surface area (Å²) in [4.78, 5) is 7.08. The topological polar surface area (TPSA) is 39.2 Å². The molecule has 1 aliphatic rings. The Morgan fingerprint density at radius 2 is 1.41 bits per heavy atom. The monoisotopic (exact) mass is 537 g/mol. The first-order valence-corrected chi connectivity index (χ1v) is 14.0. The van der Waals surface area contributed by atoms with Crippen molar-refractivity contribution in [2.45, 2.75) is 32.3 Å². The number of hydrogen-bond acceptors (Lipinski definition) is 5. The highest BCUT2D eigenvalue weighted by Gasteiger charge is 2.19. The van der Waals surface area contributed by atoms with Crippen molar-refractivity contribution in [3.8, 4) is 5.75 Å². The van der Waals surface area contributed by atoms with Gasteiger partial charge in [0.1, 0.15) is 24.0 Å². The summed E-state index contributed by atoms with van der Waals surface area (Å²) in [5, 5.41) is 9.48. The van der Waals surface area contributed by atoms with E-state index in [0.29, 0.717) is 6.61 Å². The normalized spacial score (nSPS) is 14.6. The van der Waals surface area contributed by atoms with Crippen LogP contribution in [0, 0.1) is 11.6 Å². The number of piperazine rings is 1. The number of hydrogen-bond donors (Lipinski definition) is 1. The Morgan fingerprint density at radius 3 is 1.95 bits per heavy atom. The fourth-order valence-corrected chi connectivity index (χ4v) is 5.21. The second kappa shape index (κ2) is 14.4.